The first-order chi connectivity index (χ1) is 16.9. The highest BCUT2D eigenvalue weighted by molar-refractivity contribution is 5.97. The molecule has 0 saturated heterocycles. The molecule has 0 radical (unpaired) electrons. The van der Waals surface area contributed by atoms with Crippen molar-refractivity contribution in [3.05, 3.63) is 71.3 Å². The number of hydrogen-bond acceptors (Lipinski definition) is 8. The zero-order valence-electron chi connectivity index (χ0n) is 20.0. The number of fused-ring (bicyclic) bond motifs is 3. The Kier molecular flexibility index (Phi) is 5.60. The number of methoxy groups -OCH3 is 3. The van der Waals surface area contributed by atoms with Crippen molar-refractivity contribution in [2.75, 3.05) is 21.3 Å². The topological polar surface area (TPSA) is 97.1 Å². The molecule has 178 valence electrons. The molecular weight excluding hydrogens is 448 g/mol. The normalized spacial score (nSPS) is 14.9. The molecule has 2 aromatic carbocycles. The van der Waals surface area contributed by atoms with Crippen molar-refractivity contribution < 1.29 is 23.7 Å². The van der Waals surface area contributed by atoms with E-state index in [1.165, 1.54) is 6.92 Å². The number of hydrogen-bond donors (Lipinski definition) is 0. The van der Waals surface area contributed by atoms with Crippen molar-refractivity contribution >= 4 is 11.4 Å². The van der Waals surface area contributed by atoms with Gasteiger partial charge in [-0.05, 0) is 49.7 Å². The van der Waals surface area contributed by atoms with Gasteiger partial charge in [0.2, 0.25) is 5.88 Å². The highest BCUT2D eigenvalue weighted by Gasteiger charge is 2.36. The molecule has 1 atom stereocenters. The van der Waals surface area contributed by atoms with E-state index in [0.717, 1.165) is 16.9 Å². The van der Waals surface area contributed by atoms with Crippen LogP contribution in [0.2, 0.25) is 0 Å². The van der Waals surface area contributed by atoms with Gasteiger partial charge in [-0.3, -0.25) is 4.79 Å². The smallest absolute Gasteiger partial charge is 0.228 e. The average molecular weight is 473 g/mol. The second-order valence-corrected chi connectivity index (χ2v) is 8.07. The summed E-state index contributed by atoms with van der Waals surface area (Å²) in [6, 6.07) is 13.1. The van der Waals surface area contributed by atoms with E-state index in [1.807, 2.05) is 36.4 Å². The molecule has 5 rings (SSSR count). The Morgan fingerprint density at radius 2 is 1.74 bits per heavy atom. The lowest BCUT2D eigenvalue weighted by Crippen LogP contribution is -2.22. The number of carbonyl (C=O) groups excluding carboxylic acids is 1. The fourth-order valence-electron chi connectivity index (χ4n) is 4.42. The van der Waals surface area contributed by atoms with Gasteiger partial charge >= 0.3 is 0 Å². The van der Waals surface area contributed by atoms with Crippen LogP contribution in [-0.4, -0.2) is 46.7 Å². The number of nitrogens with zero attached hydrogens (tertiary/aromatic N) is 4. The van der Waals surface area contributed by atoms with Crippen LogP contribution in [0, 0.1) is 0 Å². The molecule has 1 aliphatic heterocycles. The van der Waals surface area contributed by atoms with Crippen LogP contribution in [0.15, 0.2) is 60.1 Å². The lowest BCUT2D eigenvalue weighted by molar-refractivity contribution is -0.114. The van der Waals surface area contributed by atoms with Gasteiger partial charge in [0.25, 0.3) is 0 Å². The van der Waals surface area contributed by atoms with E-state index in [2.05, 4.69) is 10.1 Å². The number of carbonyl (C=O) groups is 1. The lowest BCUT2D eigenvalue weighted by atomic mass is 9.82. The van der Waals surface area contributed by atoms with Gasteiger partial charge in [-0.25, -0.2) is 14.5 Å². The molecular formula is C26H24N4O5. The third-order valence-corrected chi connectivity index (χ3v) is 6.06. The monoisotopic (exact) mass is 472 g/mol. The van der Waals surface area contributed by atoms with Crippen LogP contribution in [-0.2, 0) is 4.79 Å². The van der Waals surface area contributed by atoms with E-state index in [-0.39, 0.29) is 5.78 Å². The highest BCUT2D eigenvalue weighted by Crippen LogP contribution is 2.44. The van der Waals surface area contributed by atoms with Crippen LogP contribution in [0.25, 0.3) is 17.0 Å². The summed E-state index contributed by atoms with van der Waals surface area (Å²) in [6.07, 6.45) is 1.56. The van der Waals surface area contributed by atoms with Crippen LogP contribution in [0.1, 0.15) is 30.9 Å². The van der Waals surface area contributed by atoms with Gasteiger partial charge < -0.3 is 18.9 Å². The predicted molar refractivity (Wildman–Crippen MR) is 128 cm³/mol. The van der Waals surface area contributed by atoms with E-state index < -0.39 is 5.92 Å². The Labute approximate surface area is 201 Å². The predicted octanol–water partition coefficient (Wildman–Crippen LogP) is 4.20. The minimum Gasteiger partial charge on any atom is -0.497 e. The van der Waals surface area contributed by atoms with Crippen LogP contribution in [0.4, 0.5) is 0 Å². The van der Waals surface area contributed by atoms with Crippen molar-refractivity contribution in [2.45, 2.75) is 19.8 Å². The van der Waals surface area contributed by atoms with Crippen molar-refractivity contribution in [3.8, 4) is 34.5 Å². The molecule has 0 spiro atoms. The van der Waals surface area contributed by atoms with Crippen LogP contribution >= 0.6 is 0 Å². The molecule has 9 heteroatoms. The van der Waals surface area contributed by atoms with Crippen LogP contribution in [0.3, 0.4) is 0 Å². The second kappa shape index (κ2) is 8.75. The molecule has 1 aliphatic rings. The molecule has 3 heterocycles. The van der Waals surface area contributed by atoms with Crippen LogP contribution in [0.5, 0.6) is 23.1 Å². The maximum Gasteiger partial charge on any atom is 0.228 e. The summed E-state index contributed by atoms with van der Waals surface area (Å²) >= 11 is 0. The quantitative estimate of drug-likeness (QED) is 0.412. The van der Waals surface area contributed by atoms with E-state index in [9.17, 15) is 4.79 Å². The third-order valence-electron chi connectivity index (χ3n) is 6.06. The van der Waals surface area contributed by atoms with Crippen molar-refractivity contribution in [1.82, 2.24) is 19.6 Å². The minimum absolute atomic E-state index is 0.0874. The summed E-state index contributed by atoms with van der Waals surface area (Å²) < 4.78 is 23.7. The Bertz CT molecular complexity index is 1470. The Morgan fingerprint density at radius 1 is 1.00 bits per heavy atom. The van der Waals surface area contributed by atoms with Crippen molar-refractivity contribution in [3.63, 3.8) is 0 Å². The van der Waals surface area contributed by atoms with Gasteiger partial charge in [-0.15, -0.1) is 5.10 Å². The SMILES string of the molecule is COc1ccc([C@H]2C(C(C)=O)=C(C)Oc3ncn4nc(-c5ccc(OC)c(OC)c5)nc4c32)cc1. The molecule has 0 saturated carbocycles. The van der Waals surface area contributed by atoms with Crippen molar-refractivity contribution in [2.24, 2.45) is 0 Å². The molecule has 0 fully saturated rings. The number of Topliss-reactive ketones (excluding diaryl/α,β-unsaturated/α-hetero) is 1. The number of ketones is 1. The largest absolute Gasteiger partial charge is 0.497 e. The van der Waals surface area contributed by atoms with Gasteiger partial charge in [0.1, 0.15) is 17.8 Å². The molecule has 2 aromatic heterocycles. The summed E-state index contributed by atoms with van der Waals surface area (Å²) in [5, 5.41) is 4.64. The molecule has 0 unspecified atom stereocenters. The van der Waals surface area contributed by atoms with Gasteiger partial charge in [0.15, 0.2) is 28.8 Å². The average Bonchev–Trinajstić information content (AvgIpc) is 3.32. The number of benzene rings is 2. The second-order valence-electron chi connectivity index (χ2n) is 8.07. The number of rotatable bonds is 6. The van der Waals surface area contributed by atoms with E-state index in [0.29, 0.717) is 45.7 Å². The van der Waals surface area contributed by atoms with E-state index in [1.54, 1.807) is 45.2 Å². The number of ether oxygens (including phenoxy) is 4. The molecule has 4 aromatic rings. The summed E-state index contributed by atoms with van der Waals surface area (Å²) in [7, 11) is 4.77. The molecule has 0 bridgehead atoms. The fraction of sp³-hybridized carbons (Fsp3) is 0.231. The Balaban J connectivity index is 1.72. The van der Waals surface area contributed by atoms with Crippen molar-refractivity contribution in [1.29, 1.82) is 0 Å². The number of allylic oxidation sites excluding steroid dienone is 2. The minimum atomic E-state index is -0.430. The Hall–Kier alpha value is -4.40. The summed E-state index contributed by atoms with van der Waals surface area (Å²) in [5.74, 6) is 2.77. The van der Waals surface area contributed by atoms with E-state index >= 15 is 0 Å². The third kappa shape index (κ3) is 3.74. The first-order valence-corrected chi connectivity index (χ1v) is 11.0. The maximum absolute atomic E-state index is 12.8. The summed E-state index contributed by atoms with van der Waals surface area (Å²) in [5.41, 5.74) is 3.41. The van der Waals surface area contributed by atoms with Gasteiger partial charge in [-0.1, -0.05) is 12.1 Å². The summed E-state index contributed by atoms with van der Waals surface area (Å²) in [6.45, 7) is 3.32. The van der Waals surface area contributed by atoms with Gasteiger partial charge in [-0.2, -0.15) is 0 Å². The Morgan fingerprint density at radius 3 is 2.40 bits per heavy atom. The molecule has 0 aliphatic carbocycles. The summed E-state index contributed by atoms with van der Waals surface area (Å²) in [4.78, 5) is 22.1. The van der Waals surface area contributed by atoms with E-state index in [4.69, 9.17) is 23.9 Å². The van der Waals surface area contributed by atoms with Gasteiger partial charge in [0.05, 0.1) is 26.9 Å². The van der Waals surface area contributed by atoms with Crippen LogP contribution < -0.4 is 18.9 Å². The zero-order valence-corrected chi connectivity index (χ0v) is 20.0. The molecule has 0 amide bonds. The molecule has 0 N–H and O–H groups in total. The standard InChI is InChI=1S/C26H24N4O5/c1-14(31)21-15(2)35-26-23(22(21)16-6-9-18(32-3)10-7-16)25-28-24(29-30(25)13-27-26)17-8-11-19(33-4)20(12-17)34-5/h6-13,22H,1-5H3/t22-/m0/s1. The molecule has 35 heavy (non-hydrogen) atoms. The lowest BCUT2D eigenvalue weighted by Gasteiger charge is -2.28. The number of aromatic nitrogens is 4. The first-order valence-electron chi connectivity index (χ1n) is 11.0. The maximum atomic E-state index is 12.8. The first kappa shape index (κ1) is 22.4. The zero-order chi connectivity index (χ0) is 24.7. The molecule has 9 nitrogen and oxygen atoms in total. The fourth-order valence-corrected chi connectivity index (χ4v) is 4.42. The highest BCUT2D eigenvalue weighted by atomic mass is 16.5. The van der Waals surface area contributed by atoms with Gasteiger partial charge in [0, 0.05) is 17.1 Å².